The molecule has 0 bridgehead atoms. The van der Waals surface area contributed by atoms with E-state index in [4.69, 9.17) is 15.6 Å². The first-order chi connectivity index (χ1) is 14.2. The SMILES string of the molecule is CCOC(=O)N1CCC[C@H]1CNc1ccc2ncc(-c3ccc(CN)cc3)n2n1. The normalized spacial score (nSPS) is 16.3. The maximum absolute atomic E-state index is 12.1. The predicted molar refractivity (Wildman–Crippen MR) is 112 cm³/mol. The average molecular weight is 394 g/mol. The van der Waals surface area contributed by atoms with Crippen LogP contribution in [0.2, 0.25) is 0 Å². The van der Waals surface area contributed by atoms with E-state index < -0.39 is 0 Å². The molecule has 0 unspecified atom stereocenters. The van der Waals surface area contributed by atoms with Crippen LogP contribution < -0.4 is 11.1 Å². The van der Waals surface area contributed by atoms with Gasteiger partial charge in [-0.1, -0.05) is 24.3 Å². The number of nitrogens with zero attached hydrogens (tertiary/aromatic N) is 4. The zero-order valence-corrected chi connectivity index (χ0v) is 16.5. The molecule has 3 aromatic rings. The minimum atomic E-state index is -0.238. The molecule has 1 aliphatic rings. The molecule has 0 spiro atoms. The van der Waals surface area contributed by atoms with Crippen LogP contribution >= 0.6 is 0 Å². The summed E-state index contributed by atoms with van der Waals surface area (Å²) in [5.41, 5.74) is 9.50. The summed E-state index contributed by atoms with van der Waals surface area (Å²) in [5, 5.41) is 8.07. The Morgan fingerprint density at radius 2 is 2.10 bits per heavy atom. The summed E-state index contributed by atoms with van der Waals surface area (Å²) in [4.78, 5) is 18.3. The van der Waals surface area contributed by atoms with Crippen molar-refractivity contribution in [2.24, 2.45) is 5.73 Å². The Balaban J connectivity index is 1.50. The molecule has 0 saturated carbocycles. The summed E-state index contributed by atoms with van der Waals surface area (Å²) in [6, 6.07) is 12.0. The summed E-state index contributed by atoms with van der Waals surface area (Å²) in [6.07, 6.45) is 3.53. The van der Waals surface area contributed by atoms with Crippen molar-refractivity contribution in [3.05, 3.63) is 48.2 Å². The highest BCUT2D eigenvalue weighted by atomic mass is 16.6. The van der Waals surface area contributed by atoms with Crippen molar-refractivity contribution in [3.63, 3.8) is 0 Å². The van der Waals surface area contributed by atoms with Crippen LogP contribution in [0.3, 0.4) is 0 Å². The number of nitrogens with one attached hydrogen (secondary N) is 1. The second kappa shape index (κ2) is 8.48. The fraction of sp³-hybridized carbons (Fsp3) is 0.381. The lowest BCUT2D eigenvalue weighted by Crippen LogP contribution is -2.40. The third-order valence-corrected chi connectivity index (χ3v) is 5.25. The summed E-state index contributed by atoms with van der Waals surface area (Å²) in [5.74, 6) is 0.742. The fourth-order valence-electron chi connectivity index (χ4n) is 3.69. The predicted octanol–water partition coefficient (Wildman–Crippen LogP) is 2.89. The van der Waals surface area contributed by atoms with Crippen LogP contribution in [0, 0.1) is 0 Å². The number of amides is 1. The molecule has 152 valence electrons. The van der Waals surface area contributed by atoms with E-state index in [1.54, 1.807) is 4.90 Å². The fourth-order valence-corrected chi connectivity index (χ4v) is 3.69. The molecule has 2 aromatic heterocycles. The van der Waals surface area contributed by atoms with Crippen LogP contribution in [-0.2, 0) is 11.3 Å². The number of fused-ring (bicyclic) bond motifs is 1. The molecule has 29 heavy (non-hydrogen) atoms. The second-order valence-electron chi connectivity index (χ2n) is 7.10. The molecule has 1 fully saturated rings. The van der Waals surface area contributed by atoms with Crippen LogP contribution in [0.15, 0.2) is 42.6 Å². The van der Waals surface area contributed by atoms with E-state index >= 15 is 0 Å². The molecular weight excluding hydrogens is 368 g/mol. The number of hydrogen-bond acceptors (Lipinski definition) is 6. The monoisotopic (exact) mass is 394 g/mol. The first kappa shape index (κ1) is 19.2. The zero-order valence-electron chi connectivity index (χ0n) is 16.5. The third-order valence-electron chi connectivity index (χ3n) is 5.25. The third kappa shape index (κ3) is 4.02. The summed E-state index contributed by atoms with van der Waals surface area (Å²) in [7, 11) is 0. The lowest BCUT2D eigenvalue weighted by molar-refractivity contribution is 0.104. The molecule has 1 amide bonds. The maximum Gasteiger partial charge on any atom is 0.410 e. The molecule has 0 aliphatic carbocycles. The largest absolute Gasteiger partial charge is 0.450 e. The van der Waals surface area contributed by atoms with E-state index in [0.29, 0.717) is 19.7 Å². The number of anilines is 1. The Bertz CT molecular complexity index is 985. The van der Waals surface area contributed by atoms with Gasteiger partial charge in [0.05, 0.1) is 24.5 Å². The van der Waals surface area contributed by atoms with Crippen LogP contribution in [0.25, 0.3) is 16.9 Å². The number of rotatable bonds is 6. The van der Waals surface area contributed by atoms with Gasteiger partial charge in [0.2, 0.25) is 0 Å². The van der Waals surface area contributed by atoms with Gasteiger partial charge >= 0.3 is 6.09 Å². The van der Waals surface area contributed by atoms with Crippen molar-refractivity contribution in [1.29, 1.82) is 0 Å². The summed E-state index contributed by atoms with van der Waals surface area (Å²) in [6.45, 7) is 4.11. The standard InChI is InChI=1S/C21H26N6O2/c1-2-29-21(28)26-11-3-4-17(26)13-23-19-9-10-20-24-14-18(27(20)25-19)16-7-5-15(12-22)6-8-16/h5-10,14,17H,2-4,11-13,22H2,1H3,(H,23,25)/t17-/m0/s1. The maximum atomic E-state index is 12.1. The minimum absolute atomic E-state index is 0.109. The van der Waals surface area contributed by atoms with Crippen molar-refractivity contribution in [3.8, 4) is 11.3 Å². The van der Waals surface area contributed by atoms with Crippen molar-refractivity contribution in [2.45, 2.75) is 32.4 Å². The first-order valence-corrected chi connectivity index (χ1v) is 10.0. The number of ether oxygens (including phenoxy) is 1. The topological polar surface area (TPSA) is 97.8 Å². The molecule has 1 aliphatic heterocycles. The zero-order chi connectivity index (χ0) is 20.2. The van der Waals surface area contributed by atoms with Crippen LogP contribution in [-0.4, -0.2) is 51.3 Å². The number of benzene rings is 1. The van der Waals surface area contributed by atoms with Crippen LogP contribution in [0.1, 0.15) is 25.3 Å². The molecular formula is C21H26N6O2. The number of hydrogen-bond donors (Lipinski definition) is 2. The van der Waals surface area contributed by atoms with Gasteiger partial charge < -0.3 is 20.7 Å². The Kier molecular flexibility index (Phi) is 5.62. The van der Waals surface area contributed by atoms with Crippen molar-refractivity contribution >= 4 is 17.6 Å². The van der Waals surface area contributed by atoms with E-state index in [9.17, 15) is 4.79 Å². The Labute approximate surface area is 169 Å². The highest BCUT2D eigenvalue weighted by Crippen LogP contribution is 2.22. The Morgan fingerprint density at radius 3 is 2.86 bits per heavy atom. The van der Waals surface area contributed by atoms with E-state index in [1.165, 1.54) is 0 Å². The van der Waals surface area contributed by atoms with Gasteiger partial charge in [-0.15, -0.1) is 5.10 Å². The molecule has 3 heterocycles. The lowest BCUT2D eigenvalue weighted by atomic mass is 10.1. The highest BCUT2D eigenvalue weighted by molar-refractivity contribution is 5.68. The molecule has 1 aromatic carbocycles. The molecule has 3 N–H and O–H groups in total. The molecule has 1 saturated heterocycles. The molecule has 4 rings (SSSR count). The van der Waals surface area contributed by atoms with Crippen LogP contribution in [0.4, 0.5) is 10.6 Å². The van der Waals surface area contributed by atoms with E-state index in [2.05, 4.69) is 10.3 Å². The van der Waals surface area contributed by atoms with Crippen molar-refractivity contribution < 1.29 is 9.53 Å². The molecule has 0 radical (unpaired) electrons. The first-order valence-electron chi connectivity index (χ1n) is 10.0. The van der Waals surface area contributed by atoms with Gasteiger partial charge in [0.1, 0.15) is 5.82 Å². The van der Waals surface area contributed by atoms with Crippen molar-refractivity contribution in [1.82, 2.24) is 19.5 Å². The molecule has 8 nitrogen and oxygen atoms in total. The van der Waals surface area contributed by atoms with E-state index in [0.717, 1.165) is 47.7 Å². The van der Waals surface area contributed by atoms with Crippen molar-refractivity contribution in [2.75, 3.05) is 25.0 Å². The van der Waals surface area contributed by atoms with Gasteiger partial charge in [-0.25, -0.2) is 14.3 Å². The lowest BCUT2D eigenvalue weighted by Gasteiger charge is -2.24. The highest BCUT2D eigenvalue weighted by Gasteiger charge is 2.29. The number of imidazole rings is 1. The number of carbonyl (C=O) groups excluding carboxylic acids is 1. The Morgan fingerprint density at radius 1 is 1.28 bits per heavy atom. The number of aromatic nitrogens is 3. The van der Waals surface area contributed by atoms with E-state index in [-0.39, 0.29) is 12.1 Å². The minimum Gasteiger partial charge on any atom is -0.450 e. The van der Waals surface area contributed by atoms with Gasteiger partial charge in [-0.2, -0.15) is 0 Å². The molecule has 8 heteroatoms. The number of nitrogens with two attached hydrogens (primary N) is 1. The van der Waals surface area contributed by atoms with Gasteiger partial charge in [-0.3, -0.25) is 0 Å². The molecule has 1 atom stereocenters. The number of carbonyl (C=O) groups is 1. The van der Waals surface area contributed by atoms with E-state index in [1.807, 2.05) is 54.0 Å². The summed E-state index contributed by atoms with van der Waals surface area (Å²) >= 11 is 0. The summed E-state index contributed by atoms with van der Waals surface area (Å²) < 4.78 is 6.99. The van der Waals surface area contributed by atoms with Gasteiger partial charge in [-0.05, 0) is 37.5 Å². The Hall–Kier alpha value is -3.13. The van der Waals surface area contributed by atoms with Crippen LogP contribution in [0.5, 0.6) is 0 Å². The van der Waals surface area contributed by atoms with Gasteiger partial charge in [0.15, 0.2) is 5.65 Å². The number of likely N-dealkylation sites (tertiary alicyclic amines) is 1. The smallest absolute Gasteiger partial charge is 0.410 e. The quantitative estimate of drug-likeness (QED) is 0.667. The van der Waals surface area contributed by atoms with Gasteiger partial charge in [0.25, 0.3) is 0 Å². The second-order valence-corrected chi connectivity index (χ2v) is 7.10. The average Bonchev–Trinajstić information content (AvgIpc) is 3.39. The van der Waals surface area contributed by atoms with Gasteiger partial charge in [0, 0.05) is 25.2 Å².